The van der Waals surface area contributed by atoms with Gasteiger partial charge in [-0.2, -0.15) is 0 Å². The van der Waals surface area contributed by atoms with Gasteiger partial charge in [-0.15, -0.1) is 0 Å². The molecule has 0 aliphatic carbocycles. The van der Waals surface area contributed by atoms with Gasteiger partial charge in [0.2, 0.25) is 0 Å². The Kier molecular flexibility index (Phi) is 4.66. The molecule has 0 aliphatic rings. The molecule has 3 heteroatoms. The molecule has 0 fully saturated rings. The molecule has 0 aromatic heterocycles. The quantitative estimate of drug-likeness (QED) is 0.858. The van der Waals surface area contributed by atoms with Crippen LogP contribution in [0.2, 0.25) is 10.0 Å². The molecule has 1 unspecified atom stereocenters. The third-order valence-corrected chi connectivity index (χ3v) is 3.97. The summed E-state index contributed by atoms with van der Waals surface area (Å²) in [5.41, 5.74) is 7.36. The van der Waals surface area contributed by atoms with Crippen molar-refractivity contribution in [3.63, 3.8) is 0 Å². The Bertz CT molecular complexity index is 361. The van der Waals surface area contributed by atoms with Gasteiger partial charge < -0.3 is 5.73 Å². The summed E-state index contributed by atoms with van der Waals surface area (Å²) >= 11 is 12.1. The molecule has 0 saturated carbocycles. The number of rotatable bonds is 4. The summed E-state index contributed by atoms with van der Waals surface area (Å²) < 4.78 is 0. The predicted molar refractivity (Wildman–Crippen MR) is 72.2 cm³/mol. The molecule has 1 aromatic carbocycles. The van der Waals surface area contributed by atoms with Crippen LogP contribution >= 0.6 is 23.2 Å². The summed E-state index contributed by atoms with van der Waals surface area (Å²) in [6.07, 6.45) is 1.81. The van der Waals surface area contributed by atoms with Crippen LogP contribution in [0.1, 0.15) is 32.8 Å². The summed E-state index contributed by atoms with van der Waals surface area (Å²) in [6, 6.07) is 5.61. The first-order valence-electron chi connectivity index (χ1n) is 5.56. The predicted octanol–water partition coefficient (Wildman–Crippen LogP) is 4.30. The fourth-order valence-corrected chi connectivity index (χ4v) is 1.86. The zero-order valence-corrected chi connectivity index (χ0v) is 11.6. The Morgan fingerprint density at radius 2 is 1.94 bits per heavy atom. The van der Waals surface area contributed by atoms with E-state index >= 15 is 0 Å². The zero-order chi connectivity index (χ0) is 12.3. The Balaban J connectivity index is 2.84. The van der Waals surface area contributed by atoms with Crippen LogP contribution in [0.5, 0.6) is 0 Å². The summed E-state index contributed by atoms with van der Waals surface area (Å²) in [4.78, 5) is 0. The minimum Gasteiger partial charge on any atom is -0.327 e. The summed E-state index contributed by atoms with van der Waals surface area (Å²) in [7, 11) is 0. The number of halogens is 2. The maximum atomic E-state index is 6.21. The van der Waals surface area contributed by atoms with Crippen molar-refractivity contribution in [2.24, 2.45) is 11.1 Å². The van der Waals surface area contributed by atoms with E-state index in [1.165, 1.54) is 0 Å². The second-order valence-corrected chi connectivity index (χ2v) is 5.73. The van der Waals surface area contributed by atoms with E-state index < -0.39 is 0 Å². The lowest BCUT2D eigenvalue weighted by Gasteiger charge is -2.30. The normalized spacial score (nSPS) is 13.9. The minimum absolute atomic E-state index is 0.0912. The van der Waals surface area contributed by atoms with Crippen LogP contribution in [0.15, 0.2) is 18.2 Å². The molecule has 0 radical (unpaired) electrons. The van der Waals surface area contributed by atoms with Gasteiger partial charge in [-0.05, 0) is 42.0 Å². The van der Waals surface area contributed by atoms with Crippen molar-refractivity contribution in [1.29, 1.82) is 0 Å². The first kappa shape index (κ1) is 13.8. The van der Waals surface area contributed by atoms with Crippen LogP contribution in [0.25, 0.3) is 0 Å². The van der Waals surface area contributed by atoms with Crippen molar-refractivity contribution in [1.82, 2.24) is 0 Å². The fourth-order valence-electron chi connectivity index (χ4n) is 1.48. The number of hydrogen-bond donors (Lipinski definition) is 1. The maximum absolute atomic E-state index is 6.21. The van der Waals surface area contributed by atoms with Gasteiger partial charge in [0.15, 0.2) is 0 Å². The van der Waals surface area contributed by atoms with Gasteiger partial charge in [-0.25, -0.2) is 0 Å². The molecule has 0 heterocycles. The second-order valence-electron chi connectivity index (χ2n) is 4.89. The highest BCUT2D eigenvalue weighted by Gasteiger charge is 2.24. The van der Waals surface area contributed by atoms with Crippen LogP contribution in [0.3, 0.4) is 0 Å². The van der Waals surface area contributed by atoms with Gasteiger partial charge in [0, 0.05) is 16.1 Å². The van der Waals surface area contributed by atoms with E-state index in [0.29, 0.717) is 5.02 Å². The van der Waals surface area contributed by atoms with Crippen LogP contribution < -0.4 is 5.73 Å². The molecule has 1 atom stereocenters. The van der Waals surface area contributed by atoms with Crippen molar-refractivity contribution < 1.29 is 0 Å². The smallest absolute Gasteiger partial charge is 0.0439 e. The second kappa shape index (κ2) is 5.39. The van der Waals surface area contributed by atoms with Crippen molar-refractivity contribution in [3.8, 4) is 0 Å². The summed E-state index contributed by atoms with van der Waals surface area (Å²) in [5.74, 6) is 0. The molecule has 2 N–H and O–H groups in total. The first-order chi connectivity index (χ1) is 7.36. The van der Waals surface area contributed by atoms with Crippen molar-refractivity contribution >= 4 is 23.2 Å². The van der Waals surface area contributed by atoms with Crippen LogP contribution in [0.4, 0.5) is 0 Å². The first-order valence-corrected chi connectivity index (χ1v) is 6.32. The monoisotopic (exact) mass is 259 g/mol. The third-order valence-electron chi connectivity index (χ3n) is 3.36. The van der Waals surface area contributed by atoms with E-state index in [-0.39, 0.29) is 11.5 Å². The van der Waals surface area contributed by atoms with Crippen LogP contribution in [-0.2, 0) is 6.42 Å². The van der Waals surface area contributed by atoms with E-state index in [9.17, 15) is 0 Å². The average Bonchev–Trinajstić information content (AvgIpc) is 2.23. The standard InChI is InChI=1S/C13H19Cl2N/c1-4-13(2,3)12(16)8-9-7-10(14)5-6-11(9)15/h5-7,12H,4,8,16H2,1-3H3. The fraction of sp³-hybridized carbons (Fsp3) is 0.538. The topological polar surface area (TPSA) is 26.0 Å². The average molecular weight is 260 g/mol. The van der Waals surface area contributed by atoms with E-state index in [0.717, 1.165) is 23.4 Å². The summed E-state index contributed by atoms with van der Waals surface area (Å²) in [5, 5.41) is 1.45. The Labute approximate surface area is 108 Å². The highest BCUT2D eigenvalue weighted by atomic mass is 35.5. The molecule has 0 spiro atoms. The molecule has 1 nitrogen and oxygen atoms in total. The number of nitrogens with two attached hydrogens (primary N) is 1. The van der Waals surface area contributed by atoms with Gasteiger partial charge in [0.1, 0.15) is 0 Å². The minimum atomic E-state index is 0.0912. The van der Waals surface area contributed by atoms with Crippen molar-refractivity contribution in [2.45, 2.75) is 39.7 Å². The zero-order valence-electron chi connectivity index (χ0n) is 10.1. The van der Waals surface area contributed by atoms with E-state index in [1.54, 1.807) is 6.07 Å². The largest absolute Gasteiger partial charge is 0.327 e. The molecule has 1 aromatic rings. The van der Waals surface area contributed by atoms with Crippen LogP contribution in [-0.4, -0.2) is 6.04 Å². The van der Waals surface area contributed by atoms with E-state index in [2.05, 4.69) is 20.8 Å². The van der Waals surface area contributed by atoms with E-state index in [4.69, 9.17) is 28.9 Å². The van der Waals surface area contributed by atoms with Crippen molar-refractivity contribution in [2.75, 3.05) is 0 Å². The third kappa shape index (κ3) is 3.38. The molecule has 0 bridgehead atoms. The highest BCUT2D eigenvalue weighted by Crippen LogP contribution is 2.29. The molecule has 16 heavy (non-hydrogen) atoms. The van der Waals surface area contributed by atoms with Gasteiger partial charge >= 0.3 is 0 Å². The maximum Gasteiger partial charge on any atom is 0.0439 e. The Morgan fingerprint density at radius 3 is 2.50 bits per heavy atom. The molecule has 1 rings (SSSR count). The molecule has 0 aliphatic heterocycles. The Morgan fingerprint density at radius 1 is 1.31 bits per heavy atom. The highest BCUT2D eigenvalue weighted by molar-refractivity contribution is 6.33. The SMILES string of the molecule is CCC(C)(C)C(N)Cc1cc(Cl)ccc1Cl. The Hall–Kier alpha value is -0.240. The van der Waals surface area contributed by atoms with Crippen molar-refractivity contribution in [3.05, 3.63) is 33.8 Å². The lowest BCUT2D eigenvalue weighted by atomic mass is 9.79. The summed E-state index contributed by atoms with van der Waals surface area (Å²) in [6.45, 7) is 6.51. The molecule has 90 valence electrons. The molecule has 0 saturated heterocycles. The molecule has 0 amide bonds. The van der Waals surface area contributed by atoms with E-state index in [1.807, 2.05) is 12.1 Å². The van der Waals surface area contributed by atoms with Gasteiger partial charge in [0.25, 0.3) is 0 Å². The lowest BCUT2D eigenvalue weighted by molar-refractivity contribution is 0.273. The molecular formula is C13H19Cl2N. The lowest BCUT2D eigenvalue weighted by Crippen LogP contribution is -2.38. The number of hydrogen-bond acceptors (Lipinski definition) is 1. The molecular weight excluding hydrogens is 241 g/mol. The van der Waals surface area contributed by atoms with Gasteiger partial charge in [-0.3, -0.25) is 0 Å². The van der Waals surface area contributed by atoms with Gasteiger partial charge in [-0.1, -0.05) is 44.0 Å². The van der Waals surface area contributed by atoms with Gasteiger partial charge in [0.05, 0.1) is 0 Å². The number of benzene rings is 1. The van der Waals surface area contributed by atoms with Crippen LogP contribution in [0, 0.1) is 5.41 Å².